The Morgan fingerprint density at radius 3 is 2.62 bits per heavy atom. The molecule has 0 radical (unpaired) electrons. The number of benzene rings is 1. The van der Waals surface area contributed by atoms with E-state index in [1.54, 1.807) is 23.1 Å². The van der Waals surface area contributed by atoms with Gasteiger partial charge in [-0.3, -0.25) is 4.79 Å². The normalized spacial score (nSPS) is 19.3. The molecule has 29 heavy (non-hydrogen) atoms. The lowest BCUT2D eigenvalue weighted by atomic mass is 9.93. The van der Waals surface area contributed by atoms with Gasteiger partial charge >= 0.3 is 0 Å². The first-order valence-electron chi connectivity index (χ1n) is 10.7. The third-order valence-corrected chi connectivity index (χ3v) is 6.07. The fraction of sp³-hybridized carbons (Fsp3) is 0.522. The standard InChI is InChI=1S/C23H29FN2O3/c24-19-6-4-5-18(15-19)16-26(20-7-2-1-3-8-20)17-21-9-10-22(29-21)23(27)25-11-13-28-14-12-25/h4-6,9-10,15,20H,1-3,7-8,11-14,16-17H2/p+1. The third kappa shape index (κ3) is 5.25. The van der Waals surface area contributed by atoms with Gasteiger partial charge in [0.1, 0.15) is 18.9 Å². The molecule has 1 aromatic heterocycles. The number of amides is 1. The fourth-order valence-corrected chi connectivity index (χ4v) is 4.51. The number of quaternary nitrogens is 1. The minimum atomic E-state index is -0.193. The van der Waals surface area contributed by atoms with Crippen LogP contribution in [0, 0.1) is 5.82 Å². The number of hydrogen-bond donors (Lipinski definition) is 1. The Hall–Kier alpha value is -2.18. The molecule has 1 aliphatic heterocycles. The molecule has 1 unspecified atom stereocenters. The van der Waals surface area contributed by atoms with E-state index in [9.17, 15) is 9.18 Å². The van der Waals surface area contributed by atoms with Gasteiger partial charge in [0, 0.05) is 18.7 Å². The predicted octanol–water partition coefficient (Wildman–Crippen LogP) is 2.81. The van der Waals surface area contributed by atoms with E-state index in [2.05, 4.69) is 0 Å². The Morgan fingerprint density at radius 2 is 1.86 bits per heavy atom. The Balaban J connectivity index is 1.46. The van der Waals surface area contributed by atoms with E-state index in [-0.39, 0.29) is 11.7 Å². The summed E-state index contributed by atoms with van der Waals surface area (Å²) < 4.78 is 25.0. The van der Waals surface area contributed by atoms with E-state index >= 15 is 0 Å². The third-order valence-electron chi connectivity index (χ3n) is 6.07. The van der Waals surface area contributed by atoms with Crippen molar-refractivity contribution in [3.8, 4) is 0 Å². The van der Waals surface area contributed by atoms with Gasteiger partial charge in [0.2, 0.25) is 0 Å². The zero-order valence-corrected chi connectivity index (χ0v) is 16.9. The van der Waals surface area contributed by atoms with Crippen LogP contribution in [-0.4, -0.2) is 43.2 Å². The molecule has 4 rings (SSSR count). The number of carbonyl (C=O) groups excluding carboxylic acids is 1. The maximum atomic E-state index is 13.7. The van der Waals surface area contributed by atoms with Crippen LogP contribution >= 0.6 is 0 Å². The van der Waals surface area contributed by atoms with Crippen LogP contribution in [0.3, 0.4) is 0 Å². The van der Waals surface area contributed by atoms with Crippen molar-refractivity contribution < 1.29 is 23.2 Å². The molecule has 1 atom stereocenters. The lowest BCUT2D eigenvalue weighted by Gasteiger charge is -2.31. The van der Waals surface area contributed by atoms with E-state index in [4.69, 9.17) is 9.15 Å². The SMILES string of the molecule is O=C(c1ccc(C[NH+](Cc2cccc(F)c2)C2CCCCC2)o1)N1CCOCC1. The van der Waals surface area contributed by atoms with Crippen molar-refractivity contribution in [1.82, 2.24) is 4.90 Å². The van der Waals surface area contributed by atoms with Crippen molar-refractivity contribution in [2.75, 3.05) is 26.3 Å². The zero-order chi connectivity index (χ0) is 20.1. The Labute approximate surface area is 171 Å². The van der Waals surface area contributed by atoms with Gasteiger partial charge in [0.15, 0.2) is 11.5 Å². The van der Waals surface area contributed by atoms with Crippen molar-refractivity contribution in [2.45, 2.75) is 51.2 Å². The molecule has 0 spiro atoms. The van der Waals surface area contributed by atoms with Gasteiger partial charge in [-0.25, -0.2) is 4.39 Å². The summed E-state index contributed by atoms with van der Waals surface area (Å²) >= 11 is 0. The van der Waals surface area contributed by atoms with Gasteiger partial charge in [-0.1, -0.05) is 18.6 Å². The second-order valence-corrected chi connectivity index (χ2v) is 8.15. The Bertz CT molecular complexity index is 810. The van der Waals surface area contributed by atoms with E-state index in [1.165, 1.54) is 43.1 Å². The predicted molar refractivity (Wildman–Crippen MR) is 107 cm³/mol. The molecular weight excluding hydrogens is 371 g/mol. The van der Waals surface area contributed by atoms with Crippen LogP contribution in [0.4, 0.5) is 4.39 Å². The molecule has 1 amide bonds. The fourth-order valence-electron chi connectivity index (χ4n) is 4.51. The van der Waals surface area contributed by atoms with E-state index in [1.807, 2.05) is 12.1 Å². The van der Waals surface area contributed by atoms with E-state index in [0.29, 0.717) is 44.7 Å². The number of furan rings is 1. The second-order valence-electron chi connectivity index (χ2n) is 8.15. The molecule has 2 aromatic rings. The zero-order valence-electron chi connectivity index (χ0n) is 16.9. The summed E-state index contributed by atoms with van der Waals surface area (Å²) in [5.41, 5.74) is 1.00. The summed E-state index contributed by atoms with van der Waals surface area (Å²) in [6.45, 7) is 3.83. The van der Waals surface area contributed by atoms with Gasteiger partial charge in [-0.15, -0.1) is 0 Å². The highest BCUT2D eigenvalue weighted by molar-refractivity contribution is 5.91. The molecule has 1 saturated carbocycles. The smallest absolute Gasteiger partial charge is 0.289 e. The molecule has 2 aliphatic rings. The van der Waals surface area contributed by atoms with Crippen molar-refractivity contribution in [3.05, 3.63) is 59.3 Å². The van der Waals surface area contributed by atoms with Crippen LogP contribution in [0.1, 0.15) is 54.0 Å². The average molecular weight is 402 g/mol. The summed E-state index contributed by atoms with van der Waals surface area (Å²) in [5, 5.41) is 0. The maximum Gasteiger partial charge on any atom is 0.289 e. The molecule has 2 fully saturated rings. The van der Waals surface area contributed by atoms with Crippen LogP contribution in [0.25, 0.3) is 0 Å². The summed E-state index contributed by atoms with van der Waals surface area (Å²) in [6, 6.07) is 11.1. The highest BCUT2D eigenvalue weighted by Gasteiger charge is 2.27. The number of nitrogens with one attached hydrogen (secondary N) is 1. The largest absolute Gasteiger partial charge is 0.450 e. The van der Waals surface area contributed by atoms with E-state index < -0.39 is 0 Å². The average Bonchev–Trinajstić information content (AvgIpc) is 3.23. The maximum absolute atomic E-state index is 13.7. The number of rotatable bonds is 6. The molecule has 2 heterocycles. The topological polar surface area (TPSA) is 47.1 Å². The first-order valence-corrected chi connectivity index (χ1v) is 10.7. The molecule has 6 heteroatoms. The van der Waals surface area contributed by atoms with Crippen LogP contribution in [-0.2, 0) is 17.8 Å². The van der Waals surface area contributed by atoms with Crippen LogP contribution in [0.15, 0.2) is 40.8 Å². The number of nitrogens with zero attached hydrogens (tertiary/aromatic N) is 1. The van der Waals surface area contributed by atoms with Gasteiger partial charge in [0.25, 0.3) is 5.91 Å². The summed E-state index contributed by atoms with van der Waals surface area (Å²) in [6.07, 6.45) is 6.16. The van der Waals surface area contributed by atoms with Crippen molar-refractivity contribution in [3.63, 3.8) is 0 Å². The first-order chi connectivity index (χ1) is 14.2. The van der Waals surface area contributed by atoms with Crippen LogP contribution in [0.2, 0.25) is 0 Å². The molecule has 5 nitrogen and oxygen atoms in total. The van der Waals surface area contributed by atoms with Crippen molar-refractivity contribution >= 4 is 5.91 Å². The minimum Gasteiger partial charge on any atom is -0.450 e. The molecule has 156 valence electrons. The molecule has 1 aromatic carbocycles. The van der Waals surface area contributed by atoms with E-state index in [0.717, 1.165) is 17.9 Å². The number of morpholine rings is 1. The van der Waals surface area contributed by atoms with Crippen molar-refractivity contribution in [2.24, 2.45) is 0 Å². The lowest BCUT2D eigenvalue weighted by molar-refractivity contribution is -0.954. The highest BCUT2D eigenvalue weighted by atomic mass is 19.1. The number of hydrogen-bond acceptors (Lipinski definition) is 3. The van der Waals surface area contributed by atoms with Crippen molar-refractivity contribution in [1.29, 1.82) is 0 Å². The Morgan fingerprint density at radius 1 is 1.07 bits per heavy atom. The minimum absolute atomic E-state index is 0.0658. The summed E-state index contributed by atoms with van der Waals surface area (Å²) in [4.78, 5) is 15.8. The van der Waals surface area contributed by atoms with Gasteiger partial charge in [-0.05, 0) is 49.9 Å². The van der Waals surface area contributed by atoms with Gasteiger partial charge in [0.05, 0.1) is 19.3 Å². The molecule has 1 aliphatic carbocycles. The lowest BCUT2D eigenvalue weighted by Crippen LogP contribution is -3.13. The number of carbonyl (C=O) groups is 1. The second kappa shape index (κ2) is 9.55. The molecule has 1 N–H and O–H groups in total. The first kappa shape index (κ1) is 20.1. The molecule has 0 bridgehead atoms. The van der Waals surface area contributed by atoms with Gasteiger partial charge < -0.3 is 19.0 Å². The van der Waals surface area contributed by atoms with Crippen LogP contribution in [0.5, 0.6) is 0 Å². The van der Waals surface area contributed by atoms with Gasteiger partial charge in [-0.2, -0.15) is 0 Å². The summed E-state index contributed by atoms with van der Waals surface area (Å²) in [7, 11) is 0. The molecular formula is C23H30FN2O3+. The highest BCUT2D eigenvalue weighted by Crippen LogP contribution is 2.17. The number of ether oxygens (including phenoxy) is 1. The van der Waals surface area contributed by atoms with Crippen LogP contribution < -0.4 is 4.90 Å². The molecule has 1 saturated heterocycles. The number of halogens is 1. The summed E-state index contributed by atoms with van der Waals surface area (Å²) in [5.74, 6) is 0.958. The monoisotopic (exact) mass is 401 g/mol. The Kier molecular flexibility index (Phi) is 6.62. The quantitative estimate of drug-likeness (QED) is 0.810.